The smallest absolute Gasteiger partial charge is 0.224 e. The Morgan fingerprint density at radius 2 is 1.84 bits per heavy atom. The molecule has 2 rings (SSSR count). The summed E-state index contributed by atoms with van der Waals surface area (Å²) in [5.74, 6) is 1.75. The third-order valence-electron chi connectivity index (χ3n) is 3.69. The van der Waals surface area contributed by atoms with Gasteiger partial charge in [-0.3, -0.25) is 9.59 Å². The Bertz CT molecular complexity index is 797. The Morgan fingerprint density at radius 3 is 2.40 bits per heavy atom. The molecule has 134 valence electrons. The number of ether oxygens (including phenoxy) is 2. The number of benzene rings is 1. The highest BCUT2D eigenvalue weighted by molar-refractivity contribution is 6.32. The van der Waals surface area contributed by atoms with Gasteiger partial charge < -0.3 is 19.2 Å². The average Bonchev–Trinajstić information content (AvgIpc) is 2.95. The molecule has 0 atom stereocenters. The Balaban J connectivity index is 2.05. The molecule has 1 aromatic carbocycles. The Labute approximate surface area is 151 Å². The second-order valence-electron chi connectivity index (χ2n) is 5.47. The molecular formula is C18H20ClNO5. The van der Waals surface area contributed by atoms with Crippen LogP contribution in [-0.4, -0.2) is 25.9 Å². The number of amides is 1. The fraction of sp³-hybridized carbons (Fsp3) is 0.333. The van der Waals surface area contributed by atoms with Crippen LogP contribution < -0.4 is 14.8 Å². The topological polar surface area (TPSA) is 77.8 Å². The first-order chi connectivity index (χ1) is 11.8. The van der Waals surface area contributed by atoms with Gasteiger partial charge >= 0.3 is 0 Å². The predicted octanol–water partition coefficient (Wildman–Crippen LogP) is 4.03. The van der Waals surface area contributed by atoms with Crippen molar-refractivity contribution in [3.8, 4) is 11.5 Å². The number of carbonyl (C=O) groups is 2. The SMILES string of the molecule is COc1cc(NC(=O)CCc2cc(C(C)=O)c(C)o2)c(OC)cc1Cl. The van der Waals surface area contributed by atoms with Gasteiger partial charge in [-0.2, -0.15) is 0 Å². The molecule has 1 amide bonds. The predicted molar refractivity (Wildman–Crippen MR) is 95.0 cm³/mol. The number of carbonyl (C=O) groups excluding carboxylic acids is 2. The number of aryl methyl sites for hydroxylation is 2. The molecule has 0 saturated heterocycles. The van der Waals surface area contributed by atoms with E-state index >= 15 is 0 Å². The summed E-state index contributed by atoms with van der Waals surface area (Å²) in [6.07, 6.45) is 0.575. The van der Waals surface area contributed by atoms with Crippen LogP contribution >= 0.6 is 11.6 Å². The van der Waals surface area contributed by atoms with Crippen LogP contribution in [0.5, 0.6) is 11.5 Å². The zero-order valence-electron chi connectivity index (χ0n) is 14.6. The molecular weight excluding hydrogens is 346 g/mol. The lowest BCUT2D eigenvalue weighted by Gasteiger charge is -2.13. The molecule has 0 bridgehead atoms. The van der Waals surface area contributed by atoms with Gasteiger partial charge in [-0.15, -0.1) is 0 Å². The van der Waals surface area contributed by atoms with E-state index in [1.165, 1.54) is 21.1 Å². The van der Waals surface area contributed by atoms with Crippen molar-refractivity contribution in [1.82, 2.24) is 0 Å². The van der Waals surface area contributed by atoms with Crippen molar-refractivity contribution in [1.29, 1.82) is 0 Å². The summed E-state index contributed by atoms with van der Waals surface area (Å²) in [5, 5.41) is 3.16. The lowest BCUT2D eigenvalue weighted by atomic mass is 10.1. The van der Waals surface area contributed by atoms with Gasteiger partial charge in [-0.1, -0.05) is 11.6 Å². The molecule has 0 fully saturated rings. The first-order valence-electron chi connectivity index (χ1n) is 7.67. The largest absolute Gasteiger partial charge is 0.495 e. The van der Waals surface area contributed by atoms with Gasteiger partial charge in [0.05, 0.1) is 30.5 Å². The van der Waals surface area contributed by atoms with Gasteiger partial charge in [0.1, 0.15) is 23.0 Å². The van der Waals surface area contributed by atoms with Crippen LogP contribution in [0.2, 0.25) is 5.02 Å². The number of furan rings is 1. The second-order valence-corrected chi connectivity index (χ2v) is 5.88. The molecule has 7 heteroatoms. The summed E-state index contributed by atoms with van der Waals surface area (Å²) >= 11 is 6.04. The van der Waals surface area contributed by atoms with Crippen LogP contribution in [-0.2, 0) is 11.2 Å². The van der Waals surface area contributed by atoms with Crippen molar-refractivity contribution in [3.05, 3.63) is 40.3 Å². The lowest BCUT2D eigenvalue weighted by Crippen LogP contribution is -2.13. The minimum absolute atomic E-state index is 0.0602. The van der Waals surface area contributed by atoms with Crippen molar-refractivity contribution in [2.24, 2.45) is 0 Å². The number of rotatable bonds is 7. The van der Waals surface area contributed by atoms with E-state index < -0.39 is 0 Å². The van der Waals surface area contributed by atoms with Crippen molar-refractivity contribution in [3.63, 3.8) is 0 Å². The molecule has 1 aromatic heterocycles. The van der Waals surface area contributed by atoms with E-state index in [2.05, 4.69) is 5.32 Å². The van der Waals surface area contributed by atoms with Crippen LogP contribution in [0, 0.1) is 6.92 Å². The van der Waals surface area contributed by atoms with Crippen molar-refractivity contribution in [2.45, 2.75) is 26.7 Å². The summed E-state index contributed by atoms with van der Waals surface area (Å²) in [4.78, 5) is 23.7. The van der Waals surface area contributed by atoms with Gasteiger partial charge in [0, 0.05) is 25.0 Å². The average molecular weight is 366 g/mol. The Hall–Kier alpha value is -2.47. The van der Waals surface area contributed by atoms with Crippen molar-refractivity contribution >= 4 is 29.0 Å². The monoisotopic (exact) mass is 365 g/mol. The maximum atomic E-state index is 12.2. The first kappa shape index (κ1) is 18.9. The minimum atomic E-state index is -0.221. The van der Waals surface area contributed by atoms with Crippen LogP contribution in [0.1, 0.15) is 35.2 Å². The normalized spacial score (nSPS) is 10.4. The van der Waals surface area contributed by atoms with E-state index in [9.17, 15) is 9.59 Å². The summed E-state index contributed by atoms with van der Waals surface area (Å²) in [7, 11) is 2.98. The summed E-state index contributed by atoms with van der Waals surface area (Å²) in [6, 6.07) is 4.85. The molecule has 0 aliphatic rings. The highest BCUT2D eigenvalue weighted by atomic mass is 35.5. The quantitative estimate of drug-likeness (QED) is 0.749. The number of nitrogens with one attached hydrogen (secondary N) is 1. The summed E-state index contributed by atoms with van der Waals surface area (Å²) in [6.45, 7) is 3.21. The maximum absolute atomic E-state index is 12.2. The number of hydrogen-bond donors (Lipinski definition) is 1. The first-order valence-corrected chi connectivity index (χ1v) is 8.05. The Kier molecular flexibility index (Phi) is 6.09. The van der Waals surface area contributed by atoms with E-state index in [4.69, 9.17) is 25.5 Å². The summed E-state index contributed by atoms with van der Waals surface area (Å²) < 4.78 is 15.9. The molecule has 25 heavy (non-hydrogen) atoms. The highest BCUT2D eigenvalue weighted by Crippen LogP contribution is 2.35. The highest BCUT2D eigenvalue weighted by Gasteiger charge is 2.15. The van der Waals surface area contributed by atoms with E-state index in [-0.39, 0.29) is 18.1 Å². The molecule has 0 saturated carbocycles. The van der Waals surface area contributed by atoms with Crippen LogP contribution in [0.3, 0.4) is 0 Å². The number of halogens is 1. The van der Waals surface area contributed by atoms with Gasteiger partial charge in [0.2, 0.25) is 5.91 Å². The minimum Gasteiger partial charge on any atom is -0.495 e. The summed E-state index contributed by atoms with van der Waals surface area (Å²) in [5.41, 5.74) is 1.01. The Morgan fingerprint density at radius 1 is 1.16 bits per heavy atom. The zero-order chi connectivity index (χ0) is 18.6. The molecule has 0 aliphatic carbocycles. The molecule has 0 unspecified atom stereocenters. The fourth-order valence-electron chi connectivity index (χ4n) is 2.42. The molecule has 1 N–H and O–H groups in total. The lowest BCUT2D eigenvalue weighted by molar-refractivity contribution is -0.116. The number of methoxy groups -OCH3 is 2. The van der Waals surface area contributed by atoms with Crippen LogP contribution in [0.15, 0.2) is 22.6 Å². The molecule has 1 heterocycles. The molecule has 0 radical (unpaired) electrons. The fourth-order valence-corrected chi connectivity index (χ4v) is 2.65. The number of Topliss-reactive ketones (excluding diaryl/α,β-unsaturated/α-hetero) is 1. The van der Waals surface area contributed by atoms with Gasteiger partial charge in [-0.05, 0) is 19.9 Å². The van der Waals surface area contributed by atoms with E-state index in [0.29, 0.717) is 45.7 Å². The van der Waals surface area contributed by atoms with Crippen molar-refractivity contribution in [2.75, 3.05) is 19.5 Å². The van der Waals surface area contributed by atoms with E-state index in [0.717, 1.165) is 0 Å². The second kappa shape index (κ2) is 8.07. The molecule has 0 aliphatic heterocycles. The van der Waals surface area contributed by atoms with E-state index in [1.807, 2.05) is 0 Å². The van der Waals surface area contributed by atoms with Crippen LogP contribution in [0.4, 0.5) is 5.69 Å². The third-order valence-corrected chi connectivity index (χ3v) is 3.99. The van der Waals surface area contributed by atoms with Gasteiger partial charge in [0.25, 0.3) is 0 Å². The zero-order valence-corrected chi connectivity index (χ0v) is 15.3. The molecule has 6 nitrogen and oxygen atoms in total. The molecule has 0 spiro atoms. The number of anilines is 1. The van der Waals surface area contributed by atoms with E-state index in [1.54, 1.807) is 25.1 Å². The number of hydrogen-bond acceptors (Lipinski definition) is 5. The standard InChI is InChI=1S/C18H20ClNO5/c1-10(21)13-7-12(25-11(13)2)5-6-18(22)20-15-9-16(23-3)14(19)8-17(15)24-4/h7-9H,5-6H2,1-4H3,(H,20,22). The number of ketones is 1. The third kappa shape index (κ3) is 4.54. The van der Waals surface area contributed by atoms with Gasteiger partial charge in [-0.25, -0.2) is 0 Å². The molecule has 2 aromatic rings. The van der Waals surface area contributed by atoms with Crippen molar-refractivity contribution < 1.29 is 23.5 Å². The van der Waals surface area contributed by atoms with Gasteiger partial charge in [0.15, 0.2) is 5.78 Å². The van der Waals surface area contributed by atoms with Crippen LogP contribution in [0.25, 0.3) is 0 Å². The maximum Gasteiger partial charge on any atom is 0.224 e.